The van der Waals surface area contributed by atoms with E-state index in [2.05, 4.69) is 4.72 Å². The number of benzene rings is 2. The lowest BCUT2D eigenvalue weighted by Gasteiger charge is -2.09. The largest absolute Gasteiger partial charge is 0.491 e. The van der Waals surface area contributed by atoms with Crippen molar-refractivity contribution in [3.8, 4) is 5.75 Å². The van der Waals surface area contributed by atoms with E-state index in [1.54, 1.807) is 43.5 Å². The Bertz CT molecular complexity index is 715. The molecular weight excluding hydrogens is 338 g/mol. The predicted molar refractivity (Wildman–Crippen MR) is 89.3 cm³/mol. The quantitative estimate of drug-likeness (QED) is 0.739. The molecule has 0 heterocycles. The van der Waals surface area contributed by atoms with Gasteiger partial charge in [-0.1, -0.05) is 23.7 Å². The number of hydrogen-bond acceptors (Lipinski definition) is 4. The van der Waals surface area contributed by atoms with Gasteiger partial charge in [0.15, 0.2) is 0 Å². The molecule has 2 aromatic carbocycles. The second-order valence-corrected chi connectivity index (χ2v) is 6.97. The van der Waals surface area contributed by atoms with E-state index >= 15 is 0 Å². The molecule has 23 heavy (non-hydrogen) atoms. The highest BCUT2D eigenvalue weighted by Crippen LogP contribution is 2.16. The van der Waals surface area contributed by atoms with Crippen molar-refractivity contribution in [2.45, 2.75) is 11.4 Å². The minimum absolute atomic E-state index is 0.186. The van der Waals surface area contributed by atoms with Gasteiger partial charge in [-0.25, -0.2) is 13.1 Å². The Morgan fingerprint density at radius 2 is 1.65 bits per heavy atom. The van der Waals surface area contributed by atoms with Gasteiger partial charge in [0.05, 0.1) is 11.5 Å². The highest BCUT2D eigenvalue weighted by atomic mass is 35.5. The van der Waals surface area contributed by atoms with Crippen LogP contribution < -0.4 is 9.46 Å². The summed E-state index contributed by atoms with van der Waals surface area (Å²) in [7, 11) is -1.99. The Labute approximate surface area is 141 Å². The summed E-state index contributed by atoms with van der Waals surface area (Å²) < 4.78 is 37.3. The van der Waals surface area contributed by atoms with Crippen molar-refractivity contribution < 1.29 is 17.9 Å². The predicted octanol–water partition coefficient (Wildman–Crippen LogP) is 2.84. The van der Waals surface area contributed by atoms with E-state index in [9.17, 15) is 8.42 Å². The molecule has 0 bridgehead atoms. The van der Waals surface area contributed by atoms with E-state index in [4.69, 9.17) is 21.1 Å². The van der Waals surface area contributed by atoms with Crippen molar-refractivity contribution in [1.29, 1.82) is 0 Å². The van der Waals surface area contributed by atoms with Crippen molar-refractivity contribution in [1.82, 2.24) is 4.72 Å². The molecule has 0 aliphatic heterocycles. The maximum absolute atomic E-state index is 12.2. The van der Waals surface area contributed by atoms with Crippen molar-refractivity contribution in [3.63, 3.8) is 0 Å². The van der Waals surface area contributed by atoms with Gasteiger partial charge >= 0.3 is 0 Å². The Kier molecular flexibility index (Phi) is 6.41. The Balaban J connectivity index is 1.97. The fourth-order valence-electron chi connectivity index (χ4n) is 1.82. The number of hydrogen-bond donors (Lipinski definition) is 1. The summed E-state index contributed by atoms with van der Waals surface area (Å²) in [6.45, 7) is 1.09. The van der Waals surface area contributed by atoms with Gasteiger partial charge < -0.3 is 9.47 Å². The van der Waals surface area contributed by atoms with Gasteiger partial charge in [0.25, 0.3) is 0 Å². The average molecular weight is 356 g/mol. The van der Waals surface area contributed by atoms with Gasteiger partial charge in [-0.05, 0) is 42.0 Å². The second kappa shape index (κ2) is 8.31. The van der Waals surface area contributed by atoms with E-state index in [0.29, 0.717) is 24.0 Å². The minimum Gasteiger partial charge on any atom is -0.491 e. The topological polar surface area (TPSA) is 64.6 Å². The third-order valence-electron chi connectivity index (χ3n) is 3.07. The molecular formula is C16H18ClNO4S. The van der Waals surface area contributed by atoms with Gasteiger partial charge in [-0.15, -0.1) is 0 Å². The van der Waals surface area contributed by atoms with Crippen LogP contribution in [0, 0.1) is 0 Å². The highest BCUT2D eigenvalue weighted by molar-refractivity contribution is 7.89. The van der Waals surface area contributed by atoms with Crippen molar-refractivity contribution in [3.05, 3.63) is 59.1 Å². The van der Waals surface area contributed by atoms with Crippen LogP contribution in [-0.4, -0.2) is 28.7 Å². The lowest BCUT2D eigenvalue weighted by Crippen LogP contribution is -2.23. The van der Waals surface area contributed by atoms with Crippen LogP contribution in [0.3, 0.4) is 0 Å². The van der Waals surface area contributed by atoms with E-state index in [1.807, 2.05) is 0 Å². The first-order valence-electron chi connectivity index (χ1n) is 6.97. The summed E-state index contributed by atoms with van der Waals surface area (Å²) in [5.74, 6) is 0.596. The SMILES string of the molecule is COCCOc1ccc(S(=O)(=O)NCc2ccc(Cl)cc2)cc1. The molecule has 2 rings (SSSR count). The third kappa shape index (κ3) is 5.51. The van der Waals surface area contributed by atoms with Crippen LogP contribution in [0.5, 0.6) is 5.75 Å². The van der Waals surface area contributed by atoms with Gasteiger partial charge in [0.1, 0.15) is 12.4 Å². The molecule has 5 nitrogen and oxygen atoms in total. The fraction of sp³-hybridized carbons (Fsp3) is 0.250. The monoisotopic (exact) mass is 355 g/mol. The second-order valence-electron chi connectivity index (χ2n) is 4.76. The van der Waals surface area contributed by atoms with E-state index < -0.39 is 10.0 Å². The van der Waals surface area contributed by atoms with Crippen molar-refractivity contribution in [2.75, 3.05) is 20.3 Å². The molecule has 7 heteroatoms. The first-order chi connectivity index (χ1) is 11.0. The fourth-order valence-corrected chi connectivity index (χ4v) is 2.97. The van der Waals surface area contributed by atoms with Crippen molar-refractivity contribution >= 4 is 21.6 Å². The first kappa shape index (κ1) is 17.7. The normalized spacial score (nSPS) is 11.4. The minimum atomic E-state index is -3.57. The maximum atomic E-state index is 12.2. The smallest absolute Gasteiger partial charge is 0.240 e. The van der Waals surface area contributed by atoms with Gasteiger partial charge in [-0.2, -0.15) is 0 Å². The molecule has 0 unspecified atom stereocenters. The molecule has 0 saturated carbocycles. The number of rotatable bonds is 8. The van der Waals surface area contributed by atoms with Crippen LogP contribution in [0.25, 0.3) is 0 Å². The number of ether oxygens (including phenoxy) is 2. The van der Waals surface area contributed by atoms with Crippen LogP contribution in [0.1, 0.15) is 5.56 Å². The summed E-state index contributed by atoms with van der Waals surface area (Å²) >= 11 is 5.80. The zero-order valence-corrected chi connectivity index (χ0v) is 14.2. The maximum Gasteiger partial charge on any atom is 0.240 e. The first-order valence-corrected chi connectivity index (χ1v) is 8.83. The molecule has 0 radical (unpaired) electrons. The van der Waals surface area contributed by atoms with Crippen molar-refractivity contribution in [2.24, 2.45) is 0 Å². The molecule has 2 aromatic rings. The zero-order valence-electron chi connectivity index (χ0n) is 12.7. The molecule has 1 N–H and O–H groups in total. The number of nitrogens with one attached hydrogen (secondary N) is 1. The summed E-state index contributed by atoms with van der Waals surface area (Å²) in [6, 6.07) is 13.2. The van der Waals surface area contributed by atoms with E-state index in [-0.39, 0.29) is 11.4 Å². The Morgan fingerprint density at radius 1 is 1.00 bits per heavy atom. The molecule has 0 spiro atoms. The zero-order chi connectivity index (χ0) is 16.7. The van der Waals surface area contributed by atoms with Gasteiger partial charge in [-0.3, -0.25) is 0 Å². The van der Waals surface area contributed by atoms with E-state index in [1.165, 1.54) is 12.1 Å². The third-order valence-corrected chi connectivity index (χ3v) is 4.74. The molecule has 0 fully saturated rings. The summed E-state index contributed by atoms with van der Waals surface area (Å²) in [5.41, 5.74) is 0.831. The standard InChI is InChI=1S/C16H18ClNO4S/c1-21-10-11-22-15-6-8-16(9-7-15)23(19,20)18-12-13-2-4-14(17)5-3-13/h2-9,18H,10-12H2,1H3. The molecule has 124 valence electrons. The number of sulfonamides is 1. The summed E-state index contributed by atoms with van der Waals surface area (Å²) in [6.07, 6.45) is 0. The van der Waals surface area contributed by atoms with Gasteiger partial charge in [0, 0.05) is 18.7 Å². The number of halogens is 1. The highest BCUT2D eigenvalue weighted by Gasteiger charge is 2.13. The summed E-state index contributed by atoms with van der Waals surface area (Å²) in [5, 5.41) is 0.612. The van der Waals surface area contributed by atoms with Crippen LogP contribution in [0.4, 0.5) is 0 Å². The number of methoxy groups -OCH3 is 1. The van der Waals surface area contributed by atoms with Crippen LogP contribution in [-0.2, 0) is 21.3 Å². The van der Waals surface area contributed by atoms with Crippen LogP contribution in [0.15, 0.2) is 53.4 Å². The van der Waals surface area contributed by atoms with Crippen LogP contribution >= 0.6 is 11.6 Å². The average Bonchev–Trinajstić information content (AvgIpc) is 2.55. The Morgan fingerprint density at radius 3 is 2.26 bits per heavy atom. The lowest BCUT2D eigenvalue weighted by molar-refractivity contribution is 0.146. The van der Waals surface area contributed by atoms with Gasteiger partial charge in [0.2, 0.25) is 10.0 Å². The molecule has 0 atom stereocenters. The Hall–Kier alpha value is -1.60. The molecule has 0 aliphatic rings. The van der Waals surface area contributed by atoms with Crippen LogP contribution in [0.2, 0.25) is 5.02 Å². The molecule has 0 amide bonds. The molecule has 0 saturated heterocycles. The molecule has 0 aromatic heterocycles. The molecule has 0 aliphatic carbocycles. The summed E-state index contributed by atoms with van der Waals surface area (Å²) in [4.78, 5) is 0.186. The van der Waals surface area contributed by atoms with E-state index in [0.717, 1.165) is 5.56 Å². The lowest BCUT2D eigenvalue weighted by atomic mass is 10.2.